The van der Waals surface area contributed by atoms with Crippen LogP contribution in [0.1, 0.15) is 39.3 Å². The van der Waals surface area contributed by atoms with Gasteiger partial charge in [-0.05, 0) is 63.8 Å². The minimum atomic E-state index is -0.277. The number of amides is 1. The number of nitrogens with one attached hydrogen (secondary N) is 1. The molecule has 1 saturated heterocycles. The maximum atomic E-state index is 13.5. The first kappa shape index (κ1) is 22.6. The quantitative estimate of drug-likeness (QED) is 0.586. The molecule has 0 bridgehead atoms. The van der Waals surface area contributed by atoms with Crippen LogP contribution >= 0.6 is 11.3 Å². The van der Waals surface area contributed by atoms with Gasteiger partial charge in [0.05, 0.1) is 35.1 Å². The molecule has 2 aromatic heterocycles. The molecule has 0 saturated carbocycles. The van der Waals surface area contributed by atoms with Gasteiger partial charge in [0.1, 0.15) is 10.8 Å². The fourth-order valence-corrected chi connectivity index (χ4v) is 4.68. The van der Waals surface area contributed by atoms with Crippen molar-refractivity contribution < 1.29 is 13.9 Å². The molecule has 3 heterocycles. The summed E-state index contributed by atoms with van der Waals surface area (Å²) in [5, 5.41) is 10.4. The Bertz CT molecular complexity index is 1060. The number of nitrogens with zero attached hydrogens (tertiary/aromatic N) is 3. The lowest BCUT2D eigenvalue weighted by atomic mass is 10.0. The third kappa shape index (κ3) is 5.24. The average molecular weight is 457 g/mol. The Labute approximate surface area is 191 Å². The Morgan fingerprint density at radius 2 is 1.97 bits per heavy atom. The van der Waals surface area contributed by atoms with Crippen molar-refractivity contribution in [2.24, 2.45) is 5.92 Å². The summed E-state index contributed by atoms with van der Waals surface area (Å²) in [6.45, 7) is 8.46. The van der Waals surface area contributed by atoms with Gasteiger partial charge in [0.15, 0.2) is 0 Å². The van der Waals surface area contributed by atoms with Gasteiger partial charge in [0, 0.05) is 30.7 Å². The number of rotatable bonds is 6. The van der Waals surface area contributed by atoms with Crippen LogP contribution < -0.4 is 5.32 Å². The predicted molar refractivity (Wildman–Crippen MR) is 124 cm³/mol. The van der Waals surface area contributed by atoms with Crippen molar-refractivity contribution in [2.45, 2.75) is 45.6 Å². The SMILES string of the molecule is CC(C)(C)n1ncc(-c2nc(CC(=O)NCC3CCOCC3)cs2)c1-c1ccc(F)cc1. The van der Waals surface area contributed by atoms with Crippen LogP contribution in [0.4, 0.5) is 4.39 Å². The molecule has 3 aromatic rings. The molecule has 1 N–H and O–H groups in total. The number of hydrogen-bond acceptors (Lipinski definition) is 5. The first-order valence-electron chi connectivity index (χ1n) is 10.9. The van der Waals surface area contributed by atoms with Crippen LogP contribution in [0.3, 0.4) is 0 Å². The van der Waals surface area contributed by atoms with Gasteiger partial charge < -0.3 is 10.1 Å². The Balaban J connectivity index is 1.52. The zero-order valence-electron chi connectivity index (χ0n) is 18.7. The van der Waals surface area contributed by atoms with Gasteiger partial charge in [-0.25, -0.2) is 9.37 Å². The summed E-state index contributed by atoms with van der Waals surface area (Å²) in [5.41, 5.74) is 3.13. The van der Waals surface area contributed by atoms with E-state index in [2.05, 4.69) is 31.2 Å². The van der Waals surface area contributed by atoms with Crippen LogP contribution in [0.2, 0.25) is 0 Å². The van der Waals surface area contributed by atoms with Gasteiger partial charge in [-0.1, -0.05) is 0 Å². The zero-order chi connectivity index (χ0) is 22.7. The molecule has 8 heteroatoms. The van der Waals surface area contributed by atoms with Gasteiger partial charge in [-0.15, -0.1) is 11.3 Å². The topological polar surface area (TPSA) is 69.0 Å². The number of hydrogen-bond donors (Lipinski definition) is 1. The van der Waals surface area contributed by atoms with Crippen molar-refractivity contribution in [3.05, 3.63) is 47.4 Å². The van der Waals surface area contributed by atoms with E-state index in [1.165, 1.54) is 23.5 Å². The van der Waals surface area contributed by atoms with Crippen molar-refractivity contribution in [1.82, 2.24) is 20.1 Å². The minimum absolute atomic E-state index is 0.0162. The Kier molecular flexibility index (Phi) is 6.71. The fraction of sp³-hybridized carbons (Fsp3) is 0.458. The van der Waals surface area contributed by atoms with Crippen LogP contribution in [0.5, 0.6) is 0 Å². The van der Waals surface area contributed by atoms with E-state index in [-0.39, 0.29) is 23.7 Å². The molecule has 0 spiro atoms. The normalized spacial score (nSPS) is 15.1. The molecule has 4 rings (SSSR count). The highest BCUT2D eigenvalue weighted by molar-refractivity contribution is 7.13. The molecule has 0 aliphatic carbocycles. The molecule has 0 unspecified atom stereocenters. The molecule has 1 amide bonds. The van der Waals surface area contributed by atoms with Crippen LogP contribution in [0.15, 0.2) is 35.8 Å². The van der Waals surface area contributed by atoms with Crippen LogP contribution in [0, 0.1) is 11.7 Å². The molecule has 0 radical (unpaired) electrons. The van der Waals surface area contributed by atoms with E-state index in [1.807, 2.05) is 10.1 Å². The highest BCUT2D eigenvalue weighted by atomic mass is 32.1. The van der Waals surface area contributed by atoms with Gasteiger partial charge >= 0.3 is 0 Å². The Hall–Kier alpha value is -2.58. The summed E-state index contributed by atoms with van der Waals surface area (Å²) < 4.78 is 20.8. The van der Waals surface area contributed by atoms with E-state index in [9.17, 15) is 9.18 Å². The lowest BCUT2D eigenvalue weighted by Gasteiger charge is -2.23. The van der Waals surface area contributed by atoms with E-state index in [0.29, 0.717) is 12.5 Å². The summed E-state index contributed by atoms with van der Waals surface area (Å²) in [6.07, 6.45) is 4.03. The number of benzene rings is 1. The second-order valence-electron chi connectivity index (χ2n) is 9.18. The predicted octanol–water partition coefficient (Wildman–Crippen LogP) is 4.65. The minimum Gasteiger partial charge on any atom is -0.381 e. The maximum absolute atomic E-state index is 13.5. The molecule has 1 fully saturated rings. The van der Waals surface area contributed by atoms with Crippen LogP contribution in [-0.4, -0.2) is 40.4 Å². The third-order valence-corrected chi connectivity index (χ3v) is 6.50. The molecule has 1 aliphatic heterocycles. The van der Waals surface area contributed by atoms with Gasteiger partial charge in [0.25, 0.3) is 0 Å². The Morgan fingerprint density at radius 1 is 1.25 bits per heavy atom. The molecule has 1 aromatic carbocycles. The molecule has 170 valence electrons. The standard InChI is InChI=1S/C24H29FN4O2S/c1-24(2,3)29-22(17-4-6-18(25)7-5-17)20(14-27-29)23-28-19(15-32-23)12-21(30)26-13-16-8-10-31-11-9-16/h4-7,14-16H,8-13H2,1-3H3,(H,26,30). The number of thiazole rings is 1. The van der Waals surface area contributed by atoms with Crippen molar-refractivity contribution in [3.8, 4) is 21.8 Å². The largest absolute Gasteiger partial charge is 0.381 e. The van der Waals surface area contributed by atoms with Crippen molar-refractivity contribution in [2.75, 3.05) is 19.8 Å². The highest BCUT2D eigenvalue weighted by Gasteiger charge is 2.24. The molecule has 32 heavy (non-hydrogen) atoms. The molecule has 0 atom stereocenters. The number of carbonyl (C=O) groups is 1. The summed E-state index contributed by atoms with van der Waals surface area (Å²) in [6, 6.07) is 6.43. The summed E-state index contributed by atoms with van der Waals surface area (Å²) >= 11 is 1.49. The maximum Gasteiger partial charge on any atom is 0.226 e. The van der Waals surface area contributed by atoms with Gasteiger partial charge in [-0.2, -0.15) is 5.10 Å². The van der Waals surface area contributed by atoms with E-state index in [0.717, 1.165) is 53.6 Å². The van der Waals surface area contributed by atoms with Gasteiger partial charge in [-0.3, -0.25) is 9.48 Å². The van der Waals surface area contributed by atoms with Crippen molar-refractivity contribution in [3.63, 3.8) is 0 Å². The van der Waals surface area contributed by atoms with E-state index in [4.69, 9.17) is 9.72 Å². The molecular formula is C24H29FN4O2S. The van der Waals surface area contributed by atoms with E-state index in [1.54, 1.807) is 18.3 Å². The monoisotopic (exact) mass is 456 g/mol. The highest BCUT2D eigenvalue weighted by Crippen LogP contribution is 2.36. The number of carbonyl (C=O) groups excluding carboxylic acids is 1. The smallest absolute Gasteiger partial charge is 0.226 e. The second kappa shape index (κ2) is 9.50. The fourth-order valence-electron chi connectivity index (χ4n) is 3.85. The lowest BCUT2D eigenvalue weighted by Crippen LogP contribution is -2.33. The third-order valence-electron chi connectivity index (χ3n) is 5.57. The Morgan fingerprint density at radius 3 is 2.66 bits per heavy atom. The van der Waals surface area contributed by atoms with Crippen LogP contribution in [-0.2, 0) is 21.5 Å². The van der Waals surface area contributed by atoms with Gasteiger partial charge in [0.2, 0.25) is 5.91 Å². The van der Waals surface area contributed by atoms with Crippen molar-refractivity contribution >= 4 is 17.2 Å². The summed E-state index contributed by atoms with van der Waals surface area (Å²) in [5.74, 6) is 0.193. The summed E-state index contributed by atoms with van der Waals surface area (Å²) in [7, 11) is 0. The number of halogens is 1. The summed E-state index contributed by atoms with van der Waals surface area (Å²) in [4.78, 5) is 17.2. The van der Waals surface area contributed by atoms with Crippen LogP contribution in [0.25, 0.3) is 21.8 Å². The average Bonchev–Trinajstić information content (AvgIpc) is 3.40. The van der Waals surface area contributed by atoms with Crippen molar-refractivity contribution in [1.29, 1.82) is 0 Å². The second-order valence-corrected chi connectivity index (χ2v) is 10.0. The number of ether oxygens (including phenoxy) is 1. The number of aromatic nitrogens is 3. The molecular weight excluding hydrogens is 427 g/mol. The first-order chi connectivity index (χ1) is 15.3. The molecule has 6 nitrogen and oxygen atoms in total. The lowest BCUT2D eigenvalue weighted by molar-refractivity contribution is -0.120. The van der Waals surface area contributed by atoms with E-state index < -0.39 is 0 Å². The molecule has 1 aliphatic rings. The van der Waals surface area contributed by atoms with E-state index >= 15 is 0 Å². The first-order valence-corrected chi connectivity index (χ1v) is 11.8. The zero-order valence-corrected chi connectivity index (χ0v) is 19.5.